The first-order valence-electron chi connectivity index (χ1n) is 6.90. The highest BCUT2D eigenvalue weighted by atomic mass is 35.5. The van der Waals surface area contributed by atoms with Crippen molar-refractivity contribution in [1.82, 2.24) is 5.32 Å². The molecule has 0 aliphatic carbocycles. The maximum Gasteiger partial charge on any atom is 0.179 e. The molecule has 5 heteroatoms. The van der Waals surface area contributed by atoms with Gasteiger partial charge in [-0.05, 0) is 31.0 Å². The average molecular weight is 295 g/mol. The fourth-order valence-electron chi connectivity index (χ4n) is 2.03. The van der Waals surface area contributed by atoms with Gasteiger partial charge in [0, 0.05) is 12.5 Å². The Morgan fingerprint density at radius 1 is 1.40 bits per heavy atom. The van der Waals surface area contributed by atoms with Gasteiger partial charge in [0.1, 0.15) is 6.04 Å². The summed E-state index contributed by atoms with van der Waals surface area (Å²) in [6.45, 7) is 5.32. The van der Waals surface area contributed by atoms with E-state index in [4.69, 9.17) is 21.1 Å². The highest BCUT2D eigenvalue weighted by molar-refractivity contribution is 6.32. The molecule has 2 rings (SSSR count). The van der Waals surface area contributed by atoms with Crippen LogP contribution in [0.2, 0.25) is 5.02 Å². The zero-order valence-corrected chi connectivity index (χ0v) is 12.5. The van der Waals surface area contributed by atoms with Crippen LogP contribution in [0.15, 0.2) is 12.1 Å². The van der Waals surface area contributed by atoms with Crippen LogP contribution in [0.4, 0.5) is 0 Å². The quantitative estimate of drug-likeness (QED) is 0.924. The molecule has 0 aromatic heterocycles. The Labute approximate surface area is 124 Å². The van der Waals surface area contributed by atoms with E-state index in [1.54, 1.807) is 6.07 Å². The van der Waals surface area contributed by atoms with Gasteiger partial charge in [-0.3, -0.25) is 5.32 Å². The van der Waals surface area contributed by atoms with Crippen LogP contribution < -0.4 is 14.8 Å². The van der Waals surface area contributed by atoms with Crippen LogP contribution in [0, 0.1) is 11.3 Å². The number of halogens is 1. The lowest BCUT2D eigenvalue weighted by atomic mass is 10.1. The van der Waals surface area contributed by atoms with Crippen molar-refractivity contribution in [3.8, 4) is 17.6 Å². The van der Waals surface area contributed by atoms with Gasteiger partial charge in [0.25, 0.3) is 0 Å². The Morgan fingerprint density at radius 2 is 2.15 bits per heavy atom. The molecule has 0 bridgehead atoms. The molecule has 0 fully saturated rings. The summed E-state index contributed by atoms with van der Waals surface area (Å²) < 4.78 is 11.2. The molecule has 2 atom stereocenters. The molecular weight excluding hydrogens is 276 g/mol. The molecule has 1 aromatic carbocycles. The van der Waals surface area contributed by atoms with Crippen LogP contribution in [0.25, 0.3) is 0 Å². The van der Waals surface area contributed by atoms with E-state index in [0.717, 1.165) is 18.4 Å². The number of benzene rings is 1. The fourth-order valence-corrected chi connectivity index (χ4v) is 2.30. The molecule has 20 heavy (non-hydrogen) atoms. The van der Waals surface area contributed by atoms with Crippen LogP contribution in [0.3, 0.4) is 0 Å². The van der Waals surface area contributed by atoms with E-state index in [2.05, 4.69) is 25.2 Å². The predicted molar refractivity (Wildman–Crippen MR) is 78.3 cm³/mol. The maximum atomic E-state index is 9.35. The first-order valence-corrected chi connectivity index (χ1v) is 7.28. The minimum atomic E-state index is -0.403. The average Bonchev–Trinajstić information content (AvgIpc) is 2.70. The lowest BCUT2D eigenvalue weighted by molar-refractivity contribution is 0.297. The van der Waals surface area contributed by atoms with Crippen LogP contribution in [-0.4, -0.2) is 19.3 Å². The number of hydrogen-bond acceptors (Lipinski definition) is 4. The number of hydrogen-bond donors (Lipinski definition) is 1. The maximum absolute atomic E-state index is 9.35. The number of rotatable bonds is 4. The summed E-state index contributed by atoms with van der Waals surface area (Å²) >= 11 is 6.25. The summed E-state index contributed by atoms with van der Waals surface area (Å²) in [4.78, 5) is 0. The summed E-state index contributed by atoms with van der Waals surface area (Å²) in [5.41, 5.74) is 0.807. The Balaban J connectivity index is 2.30. The monoisotopic (exact) mass is 294 g/mol. The molecule has 2 unspecified atom stereocenters. The Bertz CT molecular complexity index is 513. The van der Waals surface area contributed by atoms with E-state index in [1.165, 1.54) is 0 Å². The predicted octanol–water partition coefficient (Wildman–Crippen LogP) is 3.45. The summed E-state index contributed by atoms with van der Waals surface area (Å²) in [6.07, 6.45) is 1.78. The first-order chi connectivity index (χ1) is 9.65. The smallest absolute Gasteiger partial charge is 0.179 e. The first kappa shape index (κ1) is 15.0. The molecule has 1 aliphatic rings. The van der Waals surface area contributed by atoms with Gasteiger partial charge in [0.15, 0.2) is 11.5 Å². The summed E-state index contributed by atoms with van der Waals surface area (Å²) in [5, 5.41) is 13.1. The molecule has 4 nitrogen and oxygen atoms in total. The van der Waals surface area contributed by atoms with Gasteiger partial charge in [-0.25, -0.2) is 0 Å². The molecular formula is C15H19ClN2O2. The van der Waals surface area contributed by atoms with Crippen LogP contribution >= 0.6 is 11.6 Å². The molecule has 1 aliphatic heterocycles. The van der Waals surface area contributed by atoms with Gasteiger partial charge < -0.3 is 9.47 Å². The Morgan fingerprint density at radius 3 is 2.85 bits per heavy atom. The third-order valence-corrected chi connectivity index (χ3v) is 3.63. The van der Waals surface area contributed by atoms with Gasteiger partial charge in [-0.15, -0.1) is 0 Å². The molecule has 0 spiro atoms. The normalized spacial score (nSPS) is 16.9. The molecule has 1 N–H and O–H groups in total. The number of fused-ring (bicyclic) bond motifs is 1. The van der Waals surface area contributed by atoms with Gasteiger partial charge in [-0.1, -0.05) is 18.5 Å². The number of ether oxygens (including phenoxy) is 2. The zero-order chi connectivity index (χ0) is 14.5. The Hall–Kier alpha value is -1.44. The van der Waals surface area contributed by atoms with Crippen LogP contribution in [-0.2, 0) is 0 Å². The summed E-state index contributed by atoms with van der Waals surface area (Å²) in [6, 6.07) is 5.74. The molecule has 0 saturated heterocycles. The fraction of sp³-hybridized carbons (Fsp3) is 0.533. The van der Waals surface area contributed by atoms with E-state index < -0.39 is 6.04 Å². The highest BCUT2D eigenvalue weighted by Crippen LogP contribution is 2.39. The van der Waals surface area contributed by atoms with Crippen LogP contribution in [0.5, 0.6) is 11.5 Å². The second-order valence-electron chi connectivity index (χ2n) is 4.92. The molecule has 1 aromatic rings. The van der Waals surface area contributed by atoms with E-state index in [0.29, 0.717) is 29.7 Å². The minimum absolute atomic E-state index is 0.259. The van der Waals surface area contributed by atoms with Crippen molar-refractivity contribution in [2.75, 3.05) is 13.2 Å². The van der Waals surface area contributed by atoms with Gasteiger partial charge in [-0.2, -0.15) is 5.26 Å². The molecule has 0 amide bonds. The van der Waals surface area contributed by atoms with Crippen molar-refractivity contribution in [2.45, 2.75) is 38.8 Å². The number of nitrogens with zero attached hydrogens (tertiary/aromatic N) is 1. The van der Waals surface area contributed by atoms with Gasteiger partial charge in [0.2, 0.25) is 0 Å². The minimum Gasteiger partial charge on any atom is -0.489 e. The number of nitriles is 1. The van der Waals surface area contributed by atoms with E-state index in [9.17, 15) is 5.26 Å². The van der Waals surface area contributed by atoms with Crippen molar-refractivity contribution in [3.63, 3.8) is 0 Å². The largest absolute Gasteiger partial charge is 0.489 e. The second-order valence-corrected chi connectivity index (χ2v) is 5.33. The lowest BCUT2D eigenvalue weighted by Gasteiger charge is -2.19. The van der Waals surface area contributed by atoms with Crippen molar-refractivity contribution in [3.05, 3.63) is 22.7 Å². The summed E-state index contributed by atoms with van der Waals surface area (Å²) in [7, 11) is 0. The van der Waals surface area contributed by atoms with Crippen molar-refractivity contribution in [1.29, 1.82) is 5.26 Å². The highest BCUT2D eigenvalue weighted by Gasteiger charge is 2.20. The number of nitrogens with one attached hydrogen (secondary N) is 1. The van der Waals surface area contributed by atoms with Crippen molar-refractivity contribution >= 4 is 11.6 Å². The van der Waals surface area contributed by atoms with Gasteiger partial charge >= 0.3 is 0 Å². The van der Waals surface area contributed by atoms with Crippen molar-refractivity contribution in [2.24, 2.45) is 0 Å². The standard InChI is InChI=1S/C15H19ClN2O2/c1-3-10(2)18-13(9-17)11-7-12(16)15-14(8-11)19-5-4-6-20-15/h7-8,10,13,18H,3-6H2,1-2H3. The van der Waals surface area contributed by atoms with E-state index in [-0.39, 0.29) is 6.04 Å². The topological polar surface area (TPSA) is 54.3 Å². The molecule has 108 valence electrons. The summed E-state index contributed by atoms with van der Waals surface area (Å²) in [5.74, 6) is 1.20. The molecule has 1 heterocycles. The zero-order valence-electron chi connectivity index (χ0n) is 11.8. The van der Waals surface area contributed by atoms with Crippen molar-refractivity contribution < 1.29 is 9.47 Å². The molecule has 0 saturated carbocycles. The third kappa shape index (κ3) is 3.36. The SMILES string of the molecule is CCC(C)NC(C#N)c1cc(Cl)c2c(c1)OCCCO2. The molecule has 0 radical (unpaired) electrons. The van der Waals surface area contributed by atoms with Gasteiger partial charge in [0.05, 0.1) is 24.3 Å². The lowest BCUT2D eigenvalue weighted by Crippen LogP contribution is -2.29. The Kier molecular flexibility index (Phi) is 5.11. The van der Waals surface area contributed by atoms with E-state index in [1.807, 2.05) is 6.07 Å². The second kappa shape index (κ2) is 6.83. The van der Waals surface area contributed by atoms with E-state index >= 15 is 0 Å². The third-order valence-electron chi connectivity index (χ3n) is 3.35. The van der Waals surface area contributed by atoms with Crippen LogP contribution in [0.1, 0.15) is 38.3 Å².